The molecule has 0 saturated carbocycles. The minimum Gasteiger partial charge on any atom is -0.466 e. The van der Waals surface area contributed by atoms with E-state index in [0.717, 1.165) is 10.5 Å². The third kappa shape index (κ3) is 2.27. The van der Waals surface area contributed by atoms with Crippen LogP contribution < -0.4 is 11.1 Å². The molecule has 1 saturated heterocycles. The minimum atomic E-state index is -1.18. The first-order chi connectivity index (χ1) is 10.5. The molecule has 114 valence electrons. The zero-order chi connectivity index (χ0) is 15.7. The van der Waals surface area contributed by atoms with E-state index in [1.807, 2.05) is 30.3 Å². The summed E-state index contributed by atoms with van der Waals surface area (Å²) in [6.07, 6.45) is 1.47. The molecule has 6 nitrogen and oxygen atoms in total. The van der Waals surface area contributed by atoms with Crippen molar-refractivity contribution in [2.75, 3.05) is 6.54 Å². The smallest absolute Gasteiger partial charge is 0.325 e. The van der Waals surface area contributed by atoms with Crippen LogP contribution in [0.1, 0.15) is 24.3 Å². The van der Waals surface area contributed by atoms with Crippen molar-refractivity contribution in [2.24, 2.45) is 5.73 Å². The number of urea groups is 1. The number of carbonyl (C=O) groups excluding carboxylic acids is 2. The Kier molecular flexibility index (Phi) is 3.46. The number of furan rings is 1. The van der Waals surface area contributed by atoms with E-state index in [1.54, 1.807) is 19.1 Å². The monoisotopic (exact) mass is 299 g/mol. The Labute approximate surface area is 127 Å². The van der Waals surface area contributed by atoms with E-state index in [9.17, 15) is 9.59 Å². The standard InChI is InChI=1S/C16H17N3O3/c1-16(13-8-5-9-22-13)14(20)19(15(21)18-16)10-12(17)11-6-3-2-4-7-11/h2-9,12H,10,17H2,1H3,(H,18,21). The Morgan fingerprint density at radius 2 is 1.95 bits per heavy atom. The van der Waals surface area contributed by atoms with E-state index < -0.39 is 17.6 Å². The lowest BCUT2D eigenvalue weighted by molar-refractivity contribution is -0.131. The Bertz CT molecular complexity index is 684. The molecule has 0 aliphatic carbocycles. The molecule has 2 atom stereocenters. The van der Waals surface area contributed by atoms with Crippen LogP contribution >= 0.6 is 0 Å². The molecule has 3 rings (SSSR count). The zero-order valence-electron chi connectivity index (χ0n) is 12.2. The zero-order valence-corrected chi connectivity index (χ0v) is 12.2. The molecule has 1 aromatic heterocycles. The van der Waals surface area contributed by atoms with Gasteiger partial charge >= 0.3 is 6.03 Å². The number of nitrogens with one attached hydrogen (secondary N) is 1. The second-order valence-corrected chi connectivity index (χ2v) is 5.47. The van der Waals surface area contributed by atoms with E-state index in [-0.39, 0.29) is 12.5 Å². The number of amides is 3. The third-order valence-corrected chi connectivity index (χ3v) is 3.90. The van der Waals surface area contributed by atoms with Crippen LogP contribution in [0.3, 0.4) is 0 Å². The largest absolute Gasteiger partial charge is 0.466 e. The number of carbonyl (C=O) groups is 2. The van der Waals surface area contributed by atoms with Gasteiger partial charge in [0.15, 0.2) is 5.54 Å². The summed E-state index contributed by atoms with van der Waals surface area (Å²) in [6, 6.07) is 11.8. The second kappa shape index (κ2) is 5.31. The summed E-state index contributed by atoms with van der Waals surface area (Å²) in [5, 5.41) is 2.68. The summed E-state index contributed by atoms with van der Waals surface area (Å²) in [4.78, 5) is 25.9. The van der Waals surface area contributed by atoms with Crippen LogP contribution in [-0.4, -0.2) is 23.4 Å². The first-order valence-electron chi connectivity index (χ1n) is 7.01. The number of rotatable bonds is 4. The van der Waals surface area contributed by atoms with E-state index in [1.165, 1.54) is 6.26 Å². The van der Waals surface area contributed by atoms with E-state index >= 15 is 0 Å². The summed E-state index contributed by atoms with van der Waals surface area (Å²) >= 11 is 0. The number of imide groups is 1. The summed E-state index contributed by atoms with van der Waals surface area (Å²) in [5.41, 5.74) is 5.80. The topological polar surface area (TPSA) is 88.6 Å². The Hall–Kier alpha value is -2.60. The Morgan fingerprint density at radius 3 is 2.59 bits per heavy atom. The Balaban J connectivity index is 1.81. The van der Waals surface area contributed by atoms with Gasteiger partial charge in [0.25, 0.3) is 5.91 Å². The van der Waals surface area contributed by atoms with Gasteiger partial charge in [-0.05, 0) is 24.6 Å². The van der Waals surface area contributed by atoms with Crippen LogP contribution in [0.25, 0.3) is 0 Å². The lowest BCUT2D eigenvalue weighted by atomic mass is 9.99. The van der Waals surface area contributed by atoms with Crippen molar-refractivity contribution in [1.29, 1.82) is 0 Å². The van der Waals surface area contributed by atoms with Crippen molar-refractivity contribution in [3.8, 4) is 0 Å². The molecule has 0 bridgehead atoms. The van der Waals surface area contributed by atoms with E-state index in [0.29, 0.717) is 5.76 Å². The van der Waals surface area contributed by atoms with Crippen LogP contribution in [0.15, 0.2) is 53.1 Å². The molecule has 1 aromatic carbocycles. The van der Waals surface area contributed by atoms with Crippen LogP contribution in [0.2, 0.25) is 0 Å². The minimum absolute atomic E-state index is 0.116. The van der Waals surface area contributed by atoms with Gasteiger partial charge in [0.05, 0.1) is 6.26 Å². The maximum absolute atomic E-state index is 12.6. The number of hydrogen-bond acceptors (Lipinski definition) is 4. The first kappa shape index (κ1) is 14.3. The molecular weight excluding hydrogens is 282 g/mol. The Morgan fingerprint density at radius 1 is 1.23 bits per heavy atom. The van der Waals surface area contributed by atoms with Crippen molar-refractivity contribution in [2.45, 2.75) is 18.5 Å². The van der Waals surface area contributed by atoms with Gasteiger partial charge in [-0.2, -0.15) is 0 Å². The van der Waals surface area contributed by atoms with Crippen LogP contribution in [0.5, 0.6) is 0 Å². The molecule has 2 unspecified atom stereocenters. The number of nitrogens with zero attached hydrogens (tertiary/aromatic N) is 1. The van der Waals surface area contributed by atoms with Gasteiger partial charge in [-0.3, -0.25) is 9.69 Å². The van der Waals surface area contributed by atoms with Crippen LogP contribution in [0.4, 0.5) is 4.79 Å². The van der Waals surface area contributed by atoms with Gasteiger partial charge in [0.1, 0.15) is 5.76 Å². The number of benzene rings is 1. The van der Waals surface area contributed by atoms with Gasteiger partial charge in [0.2, 0.25) is 0 Å². The predicted octanol–water partition coefficient (Wildman–Crippen LogP) is 1.75. The van der Waals surface area contributed by atoms with Gasteiger partial charge < -0.3 is 15.5 Å². The van der Waals surface area contributed by atoms with E-state index in [4.69, 9.17) is 10.2 Å². The van der Waals surface area contributed by atoms with Gasteiger partial charge in [-0.25, -0.2) is 4.79 Å². The fraction of sp³-hybridized carbons (Fsp3) is 0.250. The molecule has 2 heterocycles. The average molecular weight is 299 g/mol. The SMILES string of the molecule is CC1(c2ccco2)NC(=O)N(CC(N)c2ccccc2)C1=O. The molecule has 1 aliphatic heterocycles. The van der Waals surface area contributed by atoms with Gasteiger partial charge in [-0.1, -0.05) is 30.3 Å². The molecule has 3 amide bonds. The second-order valence-electron chi connectivity index (χ2n) is 5.47. The maximum atomic E-state index is 12.6. The summed E-state index contributed by atoms with van der Waals surface area (Å²) in [5.74, 6) is 0.0421. The molecule has 6 heteroatoms. The maximum Gasteiger partial charge on any atom is 0.325 e. The number of hydrogen-bond donors (Lipinski definition) is 2. The van der Waals surface area contributed by atoms with Crippen LogP contribution in [-0.2, 0) is 10.3 Å². The molecule has 0 radical (unpaired) electrons. The van der Waals surface area contributed by atoms with Crippen molar-refractivity contribution in [1.82, 2.24) is 10.2 Å². The molecule has 1 aliphatic rings. The highest BCUT2D eigenvalue weighted by Gasteiger charge is 2.51. The van der Waals surface area contributed by atoms with Crippen molar-refractivity contribution < 1.29 is 14.0 Å². The molecule has 22 heavy (non-hydrogen) atoms. The van der Waals surface area contributed by atoms with Crippen molar-refractivity contribution in [3.63, 3.8) is 0 Å². The van der Waals surface area contributed by atoms with Crippen molar-refractivity contribution in [3.05, 3.63) is 60.1 Å². The summed E-state index contributed by atoms with van der Waals surface area (Å²) < 4.78 is 5.28. The van der Waals surface area contributed by atoms with Gasteiger partial charge in [-0.15, -0.1) is 0 Å². The first-order valence-corrected chi connectivity index (χ1v) is 7.01. The lowest BCUT2D eigenvalue weighted by Gasteiger charge is -2.21. The summed E-state index contributed by atoms with van der Waals surface area (Å²) in [7, 11) is 0. The predicted molar refractivity (Wildman–Crippen MR) is 79.7 cm³/mol. The summed E-state index contributed by atoms with van der Waals surface area (Å²) in [6.45, 7) is 1.74. The molecular formula is C16H17N3O3. The average Bonchev–Trinajstić information content (AvgIpc) is 3.13. The molecule has 1 fully saturated rings. The molecule has 3 N–H and O–H groups in total. The van der Waals surface area contributed by atoms with Crippen molar-refractivity contribution >= 4 is 11.9 Å². The fourth-order valence-corrected chi connectivity index (χ4v) is 2.60. The third-order valence-electron chi connectivity index (χ3n) is 3.90. The normalized spacial score (nSPS) is 22.7. The molecule has 0 spiro atoms. The van der Waals surface area contributed by atoms with Gasteiger partial charge in [0, 0.05) is 12.6 Å². The van der Waals surface area contributed by atoms with E-state index in [2.05, 4.69) is 5.32 Å². The highest BCUT2D eigenvalue weighted by Crippen LogP contribution is 2.29. The highest BCUT2D eigenvalue weighted by molar-refractivity contribution is 6.06. The fourth-order valence-electron chi connectivity index (χ4n) is 2.60. The number of nitrogens with two attached hydrogens (primary N) is 1. The quantitative estimate of drug-likeness (QED) is 0.842. The molecule has 2 aromatic rings. The highest BCUT2D eigenvalue weighted by atomic mass is 16.3. The lowest BCUT2D eigenvalue weighted by Crippen LogP contribution is -2.41. The van der Waals surface area contributed by atoms with Crippen LogP contribution in [0, 0.1) is 0 Å².